The minimum atomic E-state index is -1.45. The van der Waals surface area contributed by atoms with Crippen LogP contribution < -0.4 is 0 Å². The van der Waals surface area contributed by atoms with Gasteiger partial charge in [0.25, 0.3) is 0 Å². The summed E-state index contributed by atoms with van der Waals surface area (Å²) in [4.78, 5) is 10.8. The van der Waals surface area contributed by atoms with E-state index in [2.05, 4.69) is 0 Å². The van der Waals surface area contributed by atoms with Crippen LogP contribution in [-0.2, 0) is 5.67 Å². The van der Waals surface area contributed by atoms with Gasteiger partial charge in [0, 0.05) is 10.3 Å². The first kappa shape index (κ1) is 11.1. The van der Waals surface area contributed by atoms with Crippen LogP contribution in [0.5, 0.6) is 0 Å². The number of halogens is 1. The van der Waals surface area contributed by atoms with E-state index < -0.39 is 11.6 Å². The molecule has 0 aliphatic rings. The average molecular weight is 238 g/mol. The molecular formula is C12H11FO2S. The van der Waals surface area contributed by atoms with E-state index in [-0.39, 0.29) is 5.56 Å². The van der Waals surface area contributed by atoms with Crippen molar-refractivity contribution < 1.29 is 14.3 Å². The maximum absolute atomic E-state index is 13.9. The molecule has 1 heterocycles. The van der Waals surface area contributed by atoms with Crippen molar-refractivity contribution in [1.29, 1.82) is 0 Å². The number of aromatic carboxylic acids is 1. The molecule has 4 heteroatoms. The van der Waals surface area contributed by atoms with Crippen LogP contribution in [0.25, 0.3) is 10.1 Å². The number of benzene rings is 1. The first-order valence-corrected chi connectivity index (χ1v) is 5.71. The summed E-state index contributed by atoms with van der Waals surface area (Å²) < 4.78 is 14.8. The van der Waals surface area contributed by atoms with E-state index in [0.29, 0.717) is 10.9 Å². The van der Waals surface area contributed by atoms with Crippen LogP contribution in [0, 0.1) is 0 Å². The monoisotopic (exact) mass is 238 g/mol. The molecule has 0 spiro atoms. The molecule has 1 aromatic carbocycles. The van der Waals surface area contributed by atoms with Crippen molar-refractivity contribution in [2.45, 2.75) is 19.5 Å². The fourth-order valence-corrected chi connectivity index (χ4v) is 2.72. The highest BCUT2D eigenvalue weighted by atomic mass is 32.1. The molecule has 0 amide bonds. The van der Waals surface area contributed by atoms with Crippen LogP contribution in [0.1, 0.15) is 29.8 Å². The SMILES string of the molecule is CC(C)(F)c1csc2ccc(C(=O)O)cc12. The van der Waals surface area contributed by atoms with Crippen molar-refractivity contribution in [2.24, 2.45) is 0 Å². The molecule has 2 aromatic rings. The van der Waals surface area contributed by atoms with Gasteiger partial charge >= 0.3 is 5.97 Å². The number of carbonyl (C=O) groups is 1. The summed E-state index contributed by atoms with van der Waals surface area (Å²) in [5.74, 6) is -0.990. The normalized spacial score (nSPS) is 11.9. The fourth-order valence-electron chi connectivity index (χ4n) is 1.62. The van der Waals surface area contributed by atoms with Crippen molar-refractivity contribution in [3.8, 4) is 0 Å². The lowest BCUT2D eigenvalue weighted by molar-refractivity contribution is 0.0697. The van der Waals surface area contributed by atoms with Gasteiger partial charge in [0.15, 0.2) is 0 Å². The van der Waals surface area contributed by atoms with E-state index in [4.69, 9.17) is 5.11 Å². The van der Waals surface area contributed by atoms with E-state index in [9.17, 15) is 9.18 Å². The van der Waals surface area contributed by atoms with E-state index in [1.165, 1.54) is 37.3 Å². The standard InChI is InChI=1S/C12H11FO2S/c1-12(2,13)9-6-16-10-4-3-7(11(14)15)5-8(9)10/h3-6H,1-2H3,(H,14,15). The Balaban J connectivity index is 2.70. The van der Waals surface area contributed by atoms with Gasteiger partial charge in [0.1, 0.15) is 5.67 Å². The van der Waals surface area contributed by atoms with Crippen LogP contribution >= 0.6 is 11.3 Å². The Morgan fingerprint density at radius 2 is 2.12 bits per heavy atom. The lowest BCUT2D eigenvalue weighted by atomic mass is 9.98. The minimum Gasteiger partial charge on any atom is -0.478 e. The van der Waals surface area contributed by atoms with Gasteiger partial charge in [0.05, 0.1) is 5.56 Å². The van der Waals surface area contributed by atoms with Crippen molar-refractivity contribution >= 4 is 27.4 Å². The Kier molecular flexibility index (Phi) is 2.46. The zero-order valence-electron chi connectivity index (χ0n) is 8.95. The molecule has 0 unspecified atom stereocenters. The number of thiophene rings is 1. The van der Waals surface area contributed by atoms with Crippen LogP contribution in [0.4, 0.5) is 4.39 Å². The fraction of sp³-hybridized carbons (Fsp3) is 0.250. The number of rotatable bonds is 2. The molecule has 0 saturated heterocycles. The molecule has 84 valence electrons. The van der Waals surface area contributed by atoms with Gasteiger partial charge in [-0.1, -0.05) is 0 Å². The third-order valence-corrected chi connectivity index (χ3v) is 3.42. The van der Waals surface area contributed by atoms with Crippen molar-refractivity contribution in [1.82, 2.24) is 0 Å². The van der Waals surface area contributed by atoms with Crippen LogP contribution in [0.3, 0.4) is 0 Å². The third kappa shape index (κ3) is 1.80. The maximum Gasteiger partial charge on any atom is 0.335 e. The smallest absolute Gasteiger partial charge is 0.335 e. The summed E-state index contributed by atoms with van der Waals surface area (Å²) in [6, 6.07) is 4.79. The Labute approximate surface area is 96.3 Å². The number of alkyl halides is 1. The summed E-state index contributed by atoms with van der Waals surface area (Å²) >= 11 is 1.43. The van der Waals surface area contributed by atoms with Crippen LogP contribution in [0.2, 0.25) is 0 Å². The number of hydrogen-bond acceptors (Lipinski definition) is 2. The average Bonchev–Trinajstić information content (AvgIpc) is 2.58. The van der Waals surface area contributed by atoms with Gasteiger partial charge in [0.2, 0.25) is 0 Å². The van der Waals surface area contributed by atoms with Crippen molar-refractivity contribution in [3.05, 3.63) is 34.7 Å². The van der Waals surface area contributed by atoms with Gasteiger partial charge in [-0.25, -0.2) is 9.18 Å². The lowest BCUT2D eigenvalue weighted by Gasteiger charge is -2.13. The molecule has 0 radical (unpaired) electrons. The molecule has 0 atom stereocenters. The van der Waals surface area contributed by atoms with Crippen LogP contribution in [0.15, 0.2) is 23.6 Å². The molecule has 0 bridgehead atoms. The summed E-state index contributed by atoms with van der Waals surface area (Å²) in [6.07, 6.45) is 0. The van der Waals surface area contributed by atoms with Gasteiger partial charge in [-0.3, -0.25) is 0 Å². The predicted octanol–water partition coefficient (Wildman–Crippen LogP) is 3.80. The first-order valence-electron chi connectivity index (χ1n) is 4.83. The quantitative estimate of drug-likeness (QED) is 0.863. The number of carboxylic acid groups (broad SMARTS) is 1. The Bertz CT molecular complexity index is 552. The Hall–Kier alpha value is -1.42. The molecule has 16 heavy (non-hydrogen) atoms. The summed E-state index contributed by atoms with van der Waals surface area (Å²) in [7, 11) is 0. The largest absolute Gasteiger partial charge is 0.478 e. The molecule has 2 nitrogen and oxygen atoms in total. The van der Waals surface area contributed by atoms with Crippen LogP contribution in [-0.4, -0.2) is 11.1 Å². The van der Waals surface area contributed by atoms with E-state index >= 15 is 0 Å². The summed E-state index contributed by atoms with van der Waals surface area (Å²) in [5, 5.41) is 11.3. The van der Waals surface area contributed by atoms with E-state index in [0.717, 1.165) is 4.70 Å². The second-order valence-electron chi connectivity index (χ2n) is 4.14. The molecule has 0 aliphatic carbocycles. The highest BCUT2D eigenvalue weighted by Crippen LogP contribution is 2.36. The highest BCUT2D eigenvalue weighted by molar-refractivity contribution is 7.17. The Morgan fingerprint density at radius 3 is 2.69 bits per heavy atom. The van der Waals surface area contributed by atoms with Gasteiger partial charge in [-0.2, -0.15) is 0 Å². The molecule has 1 N–H and O–H groups in total. The molecule has 2 rings (SSSR count). The third-order valence-electron chi connectivity index (χ3n) is 2.46. The topological polar surface area (TPSA) is 37.3 Å². The number of carboxylic acids is 1. The zero-order chi connectivity index (χ0) is 11.9. The molecule has 0 fully saturated rings. The first-order chi connectivity index (χ1) is 7.39. The lowest BCUT2D eigenvalue weighted by Crippen LogP contribution is -2.08. The van der Waals surface area contributed by atoms with E-state index in [1.54, 1.807) is 11.4 Å². The number of fused-ring (bicyclic) bond motifs is 1. The van der Waals surface area contributed by atoms with Crippen molar-refractivity contribution in [3.63, 3.8) is 0 Å². The maximum atomic E-state index is 13.9. The molecule has 0 aliphatic heterocycles. The van der Waals surface area contributed by atoms with Gasteiger partial charge in [-0.15, -0.1) is 11.3 Å². The van der Waals surface area contributed by atoms with Gasteiger partial charge in [-0.05, 0) is 42.8 Å². The number of hydrogen-bond donors (Lipinski definition) is 1. The van der Waals surface area contributed by atoms with Crippen molar-refractivity contribution in [2.75, 3.05) is 0 Å². The minimum absolute atomic E-state index is 0.191. The molecule has 1 aromatic heterocycles. The predicted molar refractivity (Wildman–Crippen MR) is 62.9 cm³/mol. The summed E-state index contributed by atoms with van der Waals surface area (Å²) in [6.45, 7) is 2.95. The molecule has 0 saturated carbocycles. The highest BCUT2D eigenvalue weighted by Gasteiger charge is 2.23. The molecular weight excluding hydrogens is 227 g/mol. The summed E-state index contributed by atoms with van der Waals surface area (Å²) in [5.41, 5.74) is -0.706. The Morgan fingerprint density at radius 1 is 1.44 bits per heavy atom. The second-order valence-corrected chi connectivity index (χ2v) is 5.05. The van der Waals surface area contributed by atoms with Gasteiger partial charge < -0.3 is 5.11 Å². The zero-order valence-corrected chi connectivity index (χ0v) is 9.77. The second kappa shape index (κ2) is 3.56. The van der Waals surface area contributed by atoms with E-state index in [1.807, 2.05) is 0 Å².